The lowest BCUT2D eigenvalue weighted by molar-refractivity contribution is 0.0441. The highest BCUT2D eigenvalue weighted by molar-refractivity contribution is 6.11. The number of benzene rings is 1. The average Bonchev–Trinajstić information content (AvgIpc) is 2.53. The van der Waals surface area contributed by atoms with Crippen LogP contribution in [0.4, 0.5) is 0 Å². The molecule has 1 heterocycles. The molecule has 0 saturated heterocycles. The first-order valence-electron chi connectivity index (χ1n) is 8.56. The van der Waals surface area contributed by atoms with Crippen molar-refractivity contribution in [3.63, 3.8) is 0 Å². The number of esters is 1. The van der Waals surface area contributed by atoms with E-state index >= 15 is 0 Å². The molecule has 0 N–H and O–H groups in total. The molecular weight excluding hydrogens is 276 g/mol. The Morgan fingerprint density at radius 3 is 2.36 bits per heavy atom. The van der Waals surface area contributed by atoms with Crippen LogP contribution in [0.1, 0.15) is 84.6 Å². The maximum atomic E-state index is 11.9. The second-order valence-electron chi connectivity index (χ2n) is 6.06. The molecule has 22 heavy (non-hydrogen) atoms. The Labute approximate surface area is 133 Å². The van der Waals surface area contributed by atoms with Gasteiger partial charge < -0.3 is 4.74 Å². The molecule has 0 unspecified atom stereocenters. The number of unbranched alkanes of at least 4 members (excludes halogenated alkanes) is 7. The van der Waals surface area contributed by atoms with E-state index in [0.717, 1.165) is 18.4 Å². The molecule has 0 aliphatic carbocycles. The van der Waals surface area contributed by atoms with E-state index in [4.69, 9.17) is 4.74 Å². The predicted molar refractivity (Wildman–Crippen MR) is 87.4 cm³/mol. The second-order valence-corrected chi connectivity index (χ2v) is 6.06. The highest BCUT2D eigenvalue weighted by Gasteiger charge is 2.27. The topological polar surface area (TPSA) is 43.4 Å². The van der Waals surface area contributed by atoms with Crippen LogP contribution in [0.5, 0.6) is 0 Å². The SMILES string of the molecule is CCCCCCCCCCc1cccc2c1C(=O)OCC2=O. The van der Waals surface area contributed by atoms with Crippen molar-refractivity contribution in [2.24, 2.45) is 0 Å². The van der Waals surface area contributed by atoms with Crippen molar-refractivity contribution in [3.05, 3.63) is 34.9 Å². The molecule has 0 fully saturated rings. The maximum Gasteiger partial charge on any atom is 0.339 e. The third kappa shape index (κ3) is 4.43. The maximum absolute atomic E-state index is 11.9. The minimum Gasteiger partial charge on any atom is -0.454 e. The Kier molecular flexibility index (Phi) is 6.63. The largest absolute Gasteiger partial charge is 0.454 e. The van der Waals surface area contributed by atoms with Gasteiger partial charge >= 0.3 is 5.97 Å². The monoisotopic (exact) mass is 302 g/mol. The summed E-state index contributed by atoms with van der Waals surface area (Å²) in [6.45, 7) is 2.11. The zero-order valence-electron chi connectivity index (χ0n) is 13.5. The summed E-state index contributed by atoms with van der Waals surface area (Å²) in [6.07, 6.45) is 10.9. The van der Waals surface area contributed by atoms with E-state index in [2.05, 4.69) is 6.92 Å². The molecule has 0 atom stereocenters. The number of carbonyl (C=O) groups excluding carboxylic acids is 2. The van der Waals surface area contributed by atoms with Crippen LogP contribution < -0.4 is 0 Å². The van der Waals surface area contributed by atoms with Gasteiger partial charge in [0.1, 0.15) is 0 Å². The molecular formula is C19H26O3. The van der Waals surface area contributed by atoms with Crippen molar-refractivity contribution < 1.29 is 14.3 Å². The summed E-state index contributed by atoms with van der Waals surface area (Å²) in [5, 5.41) is 0. The molecule has 1 aliphatic rings. The number of cyclic esters (lactones) is 1. The van der Waals surface area contributed by atoms with E-state index in [1.165, 1.54) is 44.9 Å². The summed E-state index contributed by atoms with van der Waals surface area (Å²) in [6, 6.07) is 5.55. The van der Waals surface area contributed by atoms with Crippen LogP contribution in [-0.4, -0.2) is 18.4 Å². The molecule has 0 amide bonds. The Morgan fingerprint density at radius 1 is 0.955 bits per heavy atom. The van der Waals surface area contributed by atoms with Crippen LogP contribution in [0.2, 0.25) is 0 Å². The van der Waals surface area contributed by atoms with Gasteiger partial charge in [0, 0.05) is 5.56 Å². The number of fused-ring (bicyclic) bond motifs is 1. The van der Waals surface area contributed by atoms with E-state index < -0.39 is 0 Å². The van der Waals surface area contributed by atoms with Crippen molar-refractivity contribution >= 4 is 11.8 Å². The number of Topliss-reactive ketones (excluding diaryl/α,β-unsaturated/α-hetero) is 1. The first-order valence-corrected chi connectivity index (χ1v) is 8.56. The van der Waals surface area contributed by atoms with Crippen molar-refractivity contribution in [1.82, 2.24) is 0 Å². The molecule has 0 spiro atoms. The van der Waals surface area contributed by atoms with Crippen molar-refractivity contribution in [3.8, 4) is 0 Å². The molecule has 2 rings (SSSR count). The third-order valence-electron chi connectivity index (χ3n) is 4.29. The van der Waals surface area contributed by atoms with Crippen molar-refractivity contribution in [1.29, 1.82) is 0 Å². The summed E-state index contributed by atoms with van der Waals surface area (Å²) in [5.74, 6) is -0.433. The third-order valence-corrected chi connectivity index (χ3v) is 4.29. The summed E-state index contributed by atoms with van der Waals surface area (Å²) in [7, 11) is 0. The van der Waals surface area contributed by atoms with E-state index in [0.29, 0.717) is 11.1 Å². The lowest BCUT2D eigenvalue weighted by Crippen LogP contribution is -2.25. The number of ether oxygens (including phenoxy) is 1. The van der Waals surface area contributed by atoms with Gasteiger partial charge in [-0.1, -0.05) is 70.1 Å². The van der Waals surface area contributed by atoms with Gasteiger partial charge in [-0.2, -0.15) is 0 Å². The fourth-order valence-electron chi connectivity index (χ4n) is 3.01. The summed E-state index contributed by atoms with van der Waals surface area (Å²) in [5.41, 5.74) is 2.00. The highest BCUT2D eigenvalue weighted by atomic mass is 16.5. The van der Waals surface area contributed by atoms with Crippen LogP contribution in [0.25, 0.3) is 0 Å². The molecule has 120 valence electrons. The lowest BCUT2D eigenvalue weighted by Gasteiger charge is -2.17. The van der Waals surface area contributed by atoms with Gasteiger partial charge in [-0.3, -0.25) is 4.79 Å². The average molecular weight is 302 g/mol. The lowest BCUT2D eigenvalue weighted by atomic mass is 9.93. The normalized spacial score (nSPS) is 13.9. The number of hydrogen-bond acceptors (Lipinski definition) is 3. The Morgan fingerprint density at radius 2 is 1.64 bits per heavy atom. The van der Waals surface area contributed by atoms with E-state index in [1.54, 1.807) is 6.07 Å². The van der Waals surface area contributed by atoms with E-state index in [-0.39, 0.29) is 18.4 Å². The molecule has 1 aromatic rings. The molecule has 0 saturated carbocycles. The van der Waals surface area contributed by atoms with Crippen LogP contribution in [0.15, 0.2) is 18.2 Å². The number of aryl methyl sites for hydroxylation is 1. The fourth-order valence-corrected chi connectivity index (χ4v) is 3.01. The first kappa shape index (κ1) is 16.7. The van der Waals surface area contributed by atoms with Crippen molar-refractivity contribution in [2.45, 2.75) is 64.7 Å². The van der Waals surface area contributed by atoms with Gasteiger partial charge in [-0.25, -0.2) is 4.79 Å². The van der Waals surface area contributed by atoms with Crippen LogP contribution in [-0.2, 0) is 11.2 Å². The van der Waals surface area contributed by atoms with Gasteiger partial charge in [0.25, 0.3) is 0 Å². The first-order chi connectivity index (χ1) is 10.7. The molecule has 0 radical (unpaired) electrons. The molecule has 3 nitrogen and oxygen atoms in total. The molecule has 1 aromatic carbocycles. The minimum atomic E-state index is -0.343. The number of rotatable bonds is 9. The van der Waals surface area contributed by atoms with Crippen LogP contribution >= 0.6 is 0 Å². The second kappa shape index (κ2) is 8.72. The number of hydrogen-bond donors (Lipinski definition) is 0. The predicted octanol–water partition coefficient (Wildman–Crippen LogP) is 4.72. The Balaban J connectivity index is 1.80. The summed E-state index contributed by atoms with van der Waals surface area (Å²) in [4.78, 5) is 23.7. The number of carbonyl (C=O) groups is 2. The fraction of sp³-hybridized carbons (Fsp3) is 0.579. The molecule has 1 aliphatic heterocycles. The summed E-state index contributed by atoms with van der Waals surface area (Å²) >= 11 is 0. The molecule has 3 heteroatoms. The van der Waals surface area contributed by atoms with Gasteiger partial charge in [0.2, 0.25) is 5.78 Å². The van der Waals surface area contributed by atoms with E-state index in [9.17, 15) is 9.59 Å². The number of ketones is 1. The Bertz CT molecular complexity index is 519. The zero-order chi connectivity index (χ0) is 15.8. The zero-order valence-corrected chi connectivity index (χ0v) is 13.5. The summed E-state index contributed by atoms with van der Waals surface area (Å²) < 4.78 is 4.95. The molecule has 0 aromatic heterocycles. The minimum absolute atomic E-state index is 0.0904. The molecule has 0 bridgehead atoms. The smallest absolute Gasteiger partial charge is 0.339 e. The Hall–Kier alpha value is -1.64. The van der Waals surface area contributed by atoms with E-state index in [1.807, 2.05) is 12.1 Å². The van der Waals surface area contributed by atoms with Crippen LogP contribution in [0, 0.1) is 0 Å². The van der Waals surface area contributed by atoms with Gasteiger partial charge in [0.15, 0.2) is 6.61 Å². The van der Waals surface area contributed by atoms with Gasteiger partial charge in [0.05, 0.1) is 5.56 Å². The quantitative estimate of drug-likeness (QED) is 0.489. The van der Waals surface area contributed by atoms with Crippen molar-refractivity contribution in [2.75, 3.05) is 6.61 Å². The highest BCUT2D eigenvalue weighted by Crippen LogP contribution is 2.23. The standard InChI is InChI=1S/C19H26O3/c1-2-3-4-5-6-7-8-9-11-15-12-10-13-16-17(20)14-22-19(21)18(15)16/h10,12-13H,2-9,11,14H2,1H3. The van der Waals surface area contributed by atoms with Gasteiger partial charge in [-0.05, 0) is 18.4 Å². The van der Waals surface area contributed by atoms with Crippen LogP contribution in [0.3, 0.4) is 0 Å². The van der Waals surface area contributed by atoms with Gasteiger partial charge in [-0.15, -0.1) is 0 Å².